The summed E-state index contributed by atoms with van der Waals surface area (Å²) in [5.74, 6) is -4.63. The molecule has 3 unspecified atom stereocenters. The molecule has 2 aromatic rings. The Labute approximate surface area is 220 Å². The van der Waals surface area contributed by atoms with Crippen LogP contribution in [0.25, 0.3) is 0 Å². The first-order chi connectivity index (χ1) is 18.1. The van der Waals surface area contributed by atoms with E-state index in [0.717, 1.165) is 31.8 Å². The van der Waals surface area contributed by atoms with Gasteiger partial charge in [0.1, 0.15) is 12.0 Å². The Kier molecular flexibility index (Phi) is 7.63. The van der Waals surface area contributed by atoms with Crippen LogP contribution in [0.3, 0.4) is 0 Å². The molecule has 0 bridgehead atoms. The molecular weight excluding hydrogens is 499 g/mol. The number of halogens is 3. The number of carbonyl (C=O) groups excluding carboxylic acids is 1. The topological polar surface area (TPSA) is 92.2 Å². The lowest BCUT2D eigenvalue weighted by atomic mass is 9.94. The maximum absolute atomic E-state index is 14.7. The Morgan fingerprint density at radius 1 is 1.18 bits per heavy atom. The summed E-state index contributed by atoms with van der Waals surface area (Å²) < 4.78 is 44.0. The van der Waals surface area contributed by atoms with Gasteiger partial charge in [0, 0.05) is 38.8 Å². The number of benzene rings is 1. The third-order valence-electron chi connectivity index (χ3n) is 8.03. The molecule has 1 amide bonds. The van der Waals surface area contributed by atoms with Crippen LogP contribution >= 0.6 is 0 Å². The van der Waals surface area contributed by atoms with Crippen LogP contribution in [0.5, 0.6) is 0 Å². The van der Waals surface area contributed by atoms with Crippen molar-refractivity contribution in [2.75, 3.05) is 38.0 Å². The van der Waals surface area contributed by atoms with Gasteiger partial charge in [-0.05, 0) is 43.4 Å². The third-order valence-corrected chi connectivity index (χ3v) is 8.03. The Bertz CT molecular complexity index is 1170. The second kappa shape index (κ2) is 10.8. The number of fused-ring (bicyclic) bond motifs is 1. The molecule has 3 aliphatic rings. The molecule has 0 radical (unpaired) electrons. The number of aromatic nitrogens is 1. The zero-order valence-electron chi connectivity index (χ0n) is 21.4. The minimum Gasteiger partial charge on any atom is -0.390 e. The van der Waals surface area contributed by atoms with Gasteiger partial charge in [0.05, 0.1) is 30.5 Å². The highest BCUT2D eigenvalue weighted by molar-refractivity contribution is 5.95. The van der Waals surface area contributed by atoms with E-state index in [-0.39, 0.29) is 36.9 Å². The molecule has 206 valence electrons. The predicted molar refractivity (Wildman–Crippen MR) is 135 cm³/mol. The highest BCUT2D eigenvalue weighted by Gasteiger charge is 2.45. The van der Waals surface area contributed by atoms with Crippen LogP contribution in [0.4, 0.5) is 19.0 Å². The second-order valence-corrected chi connectivity index (χ2v) is 10.6. The molecular formula is C27H34F3N5O3. The van der Waals surface area contributed by atoms with Gasteiger partial charge in [-0.15, -0.1) is 0 Å². The fraction of sp³-hybridized carbons (Fsp3) is 0.556. The van der Waals surface area contributed by atoms with Gasteiger partial charge in [-0.2, -0.15) is 0 Å². The Morgan fingerprint density at radius 2 is 1.95 bits per heavy atom. The van der Waals surface area contributed by atoms with Crippen molar-refractivity contribution < 1.29 is 28.2 Å². The van der Waals surface area contributed by atoms with Crippen LogP contribution in [0.1, 0.15) is 41.3 Å². The molecule has 3 N–H and O–H groups in total. The summed E-state index contributed by atoms with van der Waals surface area (Å²) in [6.45, 7) is 3.04. The summed E-state index contributed by atoms with van der Waals surface area (Å²) >= 11 is 0. The van der Waals surface area contributed by atoms with Crippen molar-refractivity contribution in [3.05, 3.63) is 59.0 Å². The number of alkyl halides is 2. The molecule has 8 nitrogen and oxygen atoms in total. The minimum atomic E-state index is -3.16. The number of hydrogen-bond donors (Lipinski definition) is 3. The van der Waals surface area contributed by atoms with E-state index >= 15 is 0 Å². The quantitative estimate of drug-likeness (QED) is 0.544. The standard InChI is InChI=1S/C27H34F3N5O3/c1-17(36)35-11-8-24(27(29,30)16-35)32-25-12-20(21(28)13-31-25)26(38)34-10-7-22(23(37)15-34)33-9-6-18-4-2-3-5-19(18)14-33/h2-5,12-13,17,22-24,36-37H,6-11,14-16H2,1H3,(H,31,32)/t17?,22-,23?,24?/m0/s1. The molecule has 1 aromatic carbocycles. The van der Waals surface area contributed by atoms with Gasteiger partial charge in [-0.3, -0.25) is 14.6 Å². The maximum Gasteiger partial charge on any atom is 0.280 e. The lowest BCUT2D eigenvalue weighted by Gasteiger charge is -2.43. The molecule has 4 heterocycles. The third kappa shape index (κ3) is 5.51. The number of pyridine rings is 1. The highest BCUT2D eigenvalue weighted by Crippen LogP contribution is 2.31. The van der Waals surface area contributed by atoms with Gasteiger partial charge >= 0.3 is 0 Å². The summed E-state index contributed by atoms with van der Waals surface area (Å²) in [6.07, 6.45) is 0.560. The van der Waals surface area contributed by atoms with Gasteiger partial charge in [0.15, 0.2) is 5.82 Å². The maximum atomic E-state index is 14.7. The van der Waals surface area contributed by atoms with Gasteiger partial charge < -0.3 is 20.4 Å². The van der Waals surface area contributed by atoms with Crippen LogP contribution in [0.15, 0.2) is 36.5 Å². The van der Waals surface area contributed by atoms with E-state index in [9.17, 15) is 28.2 Å². The molecule has 38 heavy (non-hydrogen) atoms. The van der Waals surface area contributed by atoms with E-state index in [0.29, 0.717) is 13.0 Å². The summed E-state index contributed by atoms with van der Waals surface area (Å²) in [6, 6.07) is 8.03. The zero-order valence-corrected chi connectivity index (χ0v) is 21.4. The number of β-amino-alcohol motifs (C(OH)–C–C–N with tert-alkyl or cyclic N) is 1. The first-order valence-corrected chi connectivity index (χ1v) is 13.1. The van der Waals surface area contributed by atoms with E-state index < -0.39 is 42.6 Å². The molecule has 1 aromatic heterocycles. The van der Waals surface area contributed by atoms with Crippen molar-refractivity contribution in [1.29, 1.82) is 0 Å². The number of aliphatic hydroxyl groups excluding tert-OH is 2. The lowest BCUT2D eigenvalue weighted by Crippen LogP contribution is -2.56. The van der Waals surface area contributed by atoms with Crippen molar-refractivity contribution in [2.45, 2.75) is 63.1 Å². The fourth-order valence-electron chi connectivity index (χ4n) is 5.82. The number of likely N-dealkylation sites (tertiary alicyclic amines) is 2. The van der Waals surface area contributed by atoms with Gasteiger partial charge in [-0.25, -0.2) is 18.2 Å². The molecule has 2 saturated heterocycles. The number of anilines is 1. The first-order valence-electron chi connectivity index (χ1n) is 13.1. The van der Waals surface area contributed by atoms with E-state index in [1.54, 1.807) is 0 Å². The van der Waals surface area contributed by atoms with Crippen molar-refractivity contribution in [2.24, 2.45) is 0 Å². The minimum absolute atomic E-state index is 0.0210. The fourth-order valence-corrected chi connectivity index (χ4v) is 5.82. The average Bonchev–Trinajstić information content (AvgIpc) is 2.89. The molecule has 5 rings (SSSR count). The van der Waals surface area contributed by atoms with E-state index in [2.05, 4.69) is 27.3 Å². The smallest absolute Gasteiger partial charge is 0.280 e. The number of rotatable bonds is 5. The molecule has 0 saturated carbocycles. The Hall–Kier alpha value is -2.73. The molecule has 4 atom stereocenters. The van der Waals surface area contributed by atoms with Gasteiger partial charge in [-0.1, -0.05) is 24.3 Å². The lowest BCUT2D eigenvalue weighted by molar-refractivity contribution is -0.114. The molecule has 0 spiro atoms. The SMILES string of the molecule is CC(O)N1CCC(Nc2cc(C(=O)N3CC[C@H](N4CCc5ccccc5C4)C(O)C3)c(F)cn2)C(F)(F)C1. The number of aliphatic hydroxyl groups is 2. The molecule has 0 aliphatic carbocycles. The van der Waals surface area contributed by atoms with Crippen molar-refractivity contribution in [3.63, 3.8) is 0 Å². The van der Waals surface area contributed by atoms with Crippen molar-refractivity contribution >= 4 is 11.7 Å². The summed E-state index contributed by atoms with van der Waals surface area (Å²) in [4.78, 5) is 22.0. The predicted octanol–water partition coefficient (Wildman–Crippen LogP) is 2.31. The molecule has 2 fully saturated rings. The first kappa shape index (κ1) is 26.9. The largest absolute Gasteiger partial charge is 0.390 e. The zero-order chi connectivity index (χ0) is 27.0. The molecule has 3 aliphatic heterocycles. The van der Waals surface area contributed by atoms with Crippen LogP contribution < -0.4 is 5.32 Å². The number of carbonyl (C=O) groups is 1. The number of hydrogen-bond acceptors (Lipinski definition) is 7. The number of amides is 1. The number of piperidine rings is 2. The molecule has 11 heteroatoms. The Balaban J connectivity index is 1.23. The van der Waals surface area contributed by atoms with Crippen LogP contribution in [0, 0.1) is 5.82 Å². The number of nitrogens with zero attached hydrogens (tertiary/aromatic N) is 4. The second-order valence-electron chi connectivity index (χ2n) is 10.6. The van der Waals surface area contributed by atoms with Crippen molar-refractivity contribution in [1.82, 2.24) is 19.7 Å². The van der Waals surface area contributed by atoms with Crippen LogP contribution in [-0.4, -0.2) is 98.9 Å². The monoisotopic (exact) mass is 533 g/mol. The summed E-state index contributed by atoms with van der Waals surface area (Å²) in [7, 11) is 0. The van der Waals surface area contributed by atoms with Gasteiger partial charge in [0.2, 0.25) is 0 Å². The van der Waals surface area contributed by atoms with E-state index in [4.69, 9.17) is 0 Å². The summed E-state index contributed by atoms with van der Waals surface area (Å²) in [5, 5.41) is 23.2. The van der Waals surface area contributed by atoms with E-state index in [1.165, 1.54) is 27.9 Å². The van der Waals surface area contributed by atoms with Crippen LogP contribution in [0.2, 0.25) is 0 Å². The Morgan fingerprint density at radius 3 is 2.66 bits per heavy atom. The van der Waals surface area contributed by atoms with E-state index in [1.807, 2.05) is 12.1 Å². The average molecular weight is 534 g/mol. The van der Waals surface area contributed by atoms with Crippen molar-refractivity contribution in [3.8, 4) is 0 Å². The highest BCUT2D eigenvalue weighted by atomic mass is 19.3. The van der Waals surface area contributed by atoms with Gasteiger partial charge in [0.25, 0.3) is 11.8 Å². The normalized spacial score (nSPS) is 27.0. The van der Waals surface area contributed by atoms with Crippen LogP contribution in [-0.2, 0) is 13.0 Å². The summed E-state index contributed by atoms with van der Waals surface area (Å²) in [5.41, 5.74) is 2.28. The number of nitrogens with one attached hydrogen (secondary N) is 1.